The first-order valence-electron chi connectivity index (χ1n) is 7.34. The summed E-state index contributed by atoms with van der Waals surface area (Å²) in [5, 5.41) is 8.73. The van der Waals surface area contributed by atoms with Gasteiger partial charge < -0.3 is 16.0 Å². The molecule has 116 valence electrons. The van der Waals surface area contributed by atoms with Crippen LogP contribution in [0.1, 0.15) is 42.6 Å². The van der Waals surface area contributed by atoms with E-state index in [0.717, 1.165) is 18.5 Å². The summed E-state index contributed by atoms with van der Waals surface area (Å²) in [6.07, 6.45) is 1.36. The van der Waals surface area contributed by atoms with Gasteiger partial charge in [0.1, 0.15) is 0 Å². The van der Waals surface area contributed by atoms with Gasteiger partial charge >= 0.3 is 0 Å². The molecule has 1 aromatic carbocycles. The fraction of sp³-hybridized carbons (Fsp3) is 0.500. The van der Waals surface area contributed by atoms with Crippen molar-refractivity contribution in [1.29, 1.82) is 0 Å². The standard InChI is InChI=1S/C16H25N3O2/c1-12(2)18-10-4-5-15(20)19-11-13-6-8-14(9-7-13)16(21)17-3/h6-9,12,18H,4-5,10-11H2,1-3H3,(H,17,21)(H,19,20). The molecule has 0 aromatic heterocycles. The van der Waals surface area contributed by atoms with Crippen molar-refractivity contribution in [3.05, 3.63) is 35.4 Å². The third kappa shape index (κ3) is 6.90. The molecule has 0 saturated carbocycles. The first kappa shape index (κ1) is 17.2. The second kappa shape index (κ2) is 9.13. The second-order valence-electron chi connectivity index (χ2n) is 5.27. The van der Waals surface area contributed by atoms with E-state index in [2.05, 4.69) is 29.8 Å². The minimum Gasteiger partial charge on any atom is -0.355 e. The molecule has 0 radical (unpaired) electrons. The van der Waals surface area contributed by atoms with E-state index in [9.17, 15) is 9.59 Å². The normalized spacial score (nSPS) is 10.5. The molecule has 0 aliphatic heterocycles. The summed E-state index contributed by atoms with van der Waals surface area (Å²) in [5.41, 5.74) is 1.60. The van der Waals surface area contributed by atoms with Crippen LogP contribution in [0.15, 0.2) is 24.3 Å². The van der Waals surface area contributed by atoms with Gasteiger partial charge in [-0.25, -0.2) is 0 Å². The molecule has 0 unspecified atom stereocenters. The number of benzene rings is 1. The molecule has 1 rings (SSSR count). The van der Waals surface area contributed by atoms with Crippen molar-refractivity contribution in [3.8, 4) is 0 Å². The SMILES string of the molecule is CNC(=O)c1ccc(CNC(=O)CCCNC(C)C)cc1. The second-order valence-corrected chi connectivity index (χ2v) is 5.27. The van der Waals surface area contributed by atoms with Gasteiger partial charge in [-0.15, -0.1) is 0 Å². The van der Waals surface area contributed by atoms with Crippen molar-refractivity contribution in [3.63, 3.8) is 0 Å². The van der Waals surface area contributed by atoms with Crippen LogP contribution >= 0.6 is 0 Å². The number of hydrogen-bond acceptors (Lipinski definition) is 3. The van der Waals surface area contributed by atoms with Crippen LogP contribution in [-0.2, 0) is 11.3 Å². The molecule has 1 aromatic rings. The summed E-state index contributed by atoms with van der Waals surface area (Å²) in [7, 11) is 1.60. The summed E-state index contributed by atoms with van der Waals surface area (Å²) in [6, 6.07) is 7.67. The number of nitrogens with one attached hydrogen (secondary N) is 3. The van der Waals surface area contributed by atoms with Crippen LogP contribution < -0.4 is 16.0 Å². The van der Waals surface area contributed by atoms with Gasteiger partial charge in [0, 0.05) is 31.6 Å². The Morgan fingerprint density at radius 3 is 2.38 bits per heavy atom. The highest BCUT2D eigenvalue weighted by Crippen LogP contribution is 2.04. The maximum Gasteiger partial charge on any atom is 0.251 e. The van der Waals surface area contributed by atoms with E-state index in [1.54, 1.807) is 19.2 Å². The Labute approximate surface area is 126 Å². The molecule has 0 spiro atoms. The summed E-state index contributed by atoms with van der Waals surface area (Å²) in [5.74, 6) is -0.0563. The molecule has 21 heavy (non-hydrogen) atoms. The predicted molar refractivity (Wildman–Crippen MR) is 84.1 cm³/mol. The van der Waals surface area contributed by atoms with E-state index in [-0.39, 0.29) is 11.8 Å². The number of rotatable bonds is 8. The molecule has 0 saturated heterocycles. The minimum absolute atomic E-state index is 0.0518. The van der Waals surface area contributed by atoms with Gasteiger partial charge in [0.15, 0.2) is 0 Å². The largest absolute Gasteiger partial charge is 0.355 e. The smallest absolute Gasteiger partial charge is 0.251 e. The van der Waals surface area contributed by atoms with Crippen LogP contribution in [0.4, 0.5) is 0 Å². The molecule has 0 heterocycles. The molecular weight excluding hydrogens is 266 g/mol. The Morgan fingerprint density at radius 1 is 1.14 bits per heavy atom. The van der Waals surface area contributed by atoms with Gasteiger partial charge in [0.05, 0.1) is 0 Å². The zero-order valence-corrected chi connectivity index (χ0v) is 13.0. The lowest BCUT2D eigenvalue weighted by atomic mass is 10.1. The molecule has 0 aliphatic carbocycles. The third-order valence-corrected chi connectivity index (χ3v) is 3.07. The van der Waals surface area contributed by atoms with Crippen molar-refractivity contribution >= 4 is 11.8 Å². The van der Waals surface area contributed by atoms with Crippen molar-refractivity contribution in [2.24, 2.45) is 0 Å². The first-order valence-corrected chi connectivity index (χ1v) is 7.34. The molecule has 5 nitrogen and oxygen atoms in total. The topological polar surface area (TPSA) is 70.2 Å². The fourth-order valence-corrected chi connectivity index (χ4v) is 1.85. The Balaban J connectivity index is 2.28. The summed E-state index contributed by atoms with van der Waals surface area (Å²) in [4.78, 5) is 23.1. The zero-order valence-electron chi connectivity index (χ0n) is 13.0. The maximum absolute atomic E-state index is 11.7. The zero-order chi connectivity index (χ0) is 15.7. The van der Waals surface area contributed by atoms with Crippen LogP contribution in [0, 0.1) is 0 Å². The Kier molecular flexibility index (Phi) is 7.46. The van der Waals surface area contributed by atoms with E-state index < -0.39 is 0 Å². The molecule has 0 aliphatic rings. The average Bonchev–Trinajstić information content (AvgIpc) is 2.49. The van der Waals surface area contributed by atoms with Gasteiger partial charge in [-0.05, 0) is 30.7 Å². The number of carbonyl (C=O) groups is 2. The highest BCUT2D eigenvalue weighted by Gasteiger charge is 2.04. The van der Waals surface area contributed by atoms with Crippen molar-refractivity contribution < 1.29 is 9.59 Å². The molecular formula is C16H25N3O2. The molecule has 0 bridgehead atoms. The lowest BCUT2D eigenvalue weighted by molar-refractivity contribution is -0.121. The molecule has 2 amide bonds. The van der Waals surface area contributed by atoms with E-state index in [0.29, 0.717) is 24.6 Å². The predicted octanol–water partition coefficient (Wildman–Crippen LogP) is 1.44. The molecule has 5 heteroatoms. The van der Waals surface area contributed by atoms with Crippen molar-refractivity contribution in [1.82, 2.24) is 16.0 Å². The van der Waals surface area contributed by atoms with Crippen LogP contribution in [0.2, 0.25) is 0 Å². The average molecular weight is 291 g/mol. The van der Waals surface area contributed by atoms with Crippen molar-refractivity contribution in [2.45, 2.75) is 39.3 Å². The quantitative estimate of drug-likeness (QED) is 0.635. The van der Waals surface area contributed by atoms with E-state index >= 15 is 0 Å². The number of hydrogen-bond donors (Lipinski definition) is 3. The lowest BCUT2D eigenvalue weighted by Gasteiger charge is -2.08. The first-order chi connectivity index (χ1) is 10.0. The Morgan fingerprint density at radius 2 is 1.81 bits per heavy atom. The highest BCUT2D eigenvalue weighted by atomic mass is 16.2. The van der Waals surface area contributed by atoms with Gasteiger partial charge in [0.25, 0.3) is 5.91 Å². The Hall–Kier alpha value is -1.88. The Bertz CT molecular complexity index is 455. The van der Waals surface area contributed by atoms with E-state index in [1.165, 1.54) is 0 Å². The van der Waals surface area contributed by atoms with Gasteiger partial charge in [0.2, 0.25) is 5.91 Å². The van der Waals surface area contributed by atoms with Crippen LogP contribution in [0.3, 0.4) is 0 Å². The third-order valence-electron chi connectivity index (χ3n) is 3.07. The van der Waals surface area contributed by atoms with E-state index in [1.807, 2.05) is 12.1 Å². The summed E-state index contributed by atoms with van der Waals surface area (Å²) >= 11 is 0. The van der Waals surface area contributed by atoms with Crippen molar-refractivity contribution in [2.75, 3.05) is 13.6 Å². The number of amides is 2. The van der Waals surface area contributed by atoms with E-state index in [4.69, 9.17) is 0 Å². The lowest BCUT2D eigenvalue weighted by Crippen LogP contribution is -2.27. The molecule has 0 fully saturated rings. The molecule has 3 N–H and O–H groups in total. The summed E-state index contributed by atoms with van der Waals surface area (Å²) < 4.78 is 0. The number of carbonyl (C=O) groups excluding carboxylic acids is 2. The molecule has 0 atom stereocenters. The van der Waals surface area contributed by atoms with Crippen LogP contribution in [-0.4, -0.2) is 31.4 Å². The maximum atomic E-state index is 11.7. The fourth-order valence-electron chi connectivity index (χ4n) is 1.85. The van der Waals surface area contributed by atoms with Crippen LogP contribution in [0.5, 0.6) is 0 Å². The monoisotopic (exact) mass is 291 g/mol. The van der Waals surface area contributed by atoms with Gasteiger partial charge in [-0.1, -0.05) is 26.0 Å². The van der Waals surface area contributed by atoms with Gasteiger partial charge in [-0.2, -0.15) is 0 Å². The van der Waals surface area contributed by atoms with Crippen LogP contribution in [0.25, 0.3) is 0 Å². The highest BCUT2D eigenvalue weighted by molar-refractivity contribution is 5.93. The summed E-state index contributed by atoms with van der Waals surface area (Å²) in [6.45, 7) is 5.52. The van der Waals surface area contributed by atoms with Gasteiger partial charge in [-0.3, -0.25) is 9.59 Å². The minimum atomic E-state index is -0.108.